The Morgan fingerprint density at radius 1 is 1.47 bits per heavy atom. The molecule has 8 heteroatoms. The largest absolute Gasteiger partial charge is 0.355 e. The number of carbonyl (C=O) groups is 1. The number of carbonyl (C=O) groups excluding carboxylic acids is 1. The zero-order valence-electron chi connectivity index (χ0n) is 9.91. The van der Waals surface area contributed by atoms with E-state index >= 15 is 0 Å². The molecule has 2 N–H and O–H groups in total. The number of rotatable bonds is 3. The van der Waals surface area contributed by atoms with Crippen LogP contribution in [0.25, 0.3) is 0 Å². The minimum atomic E-state index is -3.60. The first-order valence-electron chi connectivity index (χ1n) is 5.57. The minimum Gasteiger partial charge on any atom is -0.355 e. The molecule has 0 saturated carbocycles. The molecular formula is C11H13ClN2O4S. The molecule has 2 rings (SSSR count). The van der Waals surface area contributed by atoms with Crippen LogP contribution in [0.2, 0.25) is 0 Å². The van der Waals surface area contributed by atoms with Gasteiger partial charge in [-0.2, -0.15) is 0 Å². The van der Waals surface area contributed by atoms with Gasteiger partial charge in [-0.05, 0) is 12.1 Å². The molecule has 1 aromatic rings. The fraction of sp³-hybridized carbons (Fsp3) is 0.364. The molecule has 104 valence electrons. The molecule has 1 aliphatic heterocycles. The number of hydrogen-bond acceptors (Lipinski definition) is 5. The lowest BCUT2D eigenvalue weighted by Gasteiger charge is -2.33. The molecule has 0 aromatic heterocycles. The number of benzene rings is 1. The Morgan fingerprint density at radius 2 is 2.16 bits per heavy atom. The summed E-state index contributed by atoms with van der Waals surface area (Å²) < 4.78 is 24.8. The van der Waals surface area contributed by atoms with Crippen molar-refractivity contribution in [3.05, 3.63) is 24.3 Å². The van der Waals surface area contributed by atoms with Crippen LogP contribution in [0.5, 0.6) is 0 Å². The van der Waals surface area contributed by atoms with E-state index < -0.39 is 21.0 Å². The maximum atomic E-state index is 12.4. The number of alkyl halides is 1. The van der Waals surface area contributed by atoms with Crippen molar-refractivity contribution in [3.63, 3.8) is 0 Å². The normalized spacial score (nSPS) is 20.7. The topological polar surface area (TPSA) is 86.7 Å². The van der Waals surface area contributed by atoms with Gasteiger partial charge >= 0.3 is 0 Å². The number of nitrogens with zero attached hydrogens (tertiary/aromatic N) is 1. The van der Waals surface area contributed by atoms with E-state index in [0.717, 1.165) is 0 Å². The van der Waals surface area contributed by atoms with Gasteiger partial charge in [0.05, 0.1) is 21.8 Å². The van der Waals surface area contributed by atoms with Crippen LogP contribution in [-0.4, -0.2) is 37.3 Å². The van der Waals surface area contributed by atoms with E-state index in [9.17, 15) is 13.2 Å². The molecule has 0 radical (unpaired) electrons. The van der Waals surface area contributed by atoms with Gasteiger partial charge in [-0.25, -0.2) is 13.9 Å². The van der Waals surface area contributed by atoms with Gasteiger partial charge in [-0.15, -0.1) is 11.6 Å². The lowest BCUT2D eigenvalue weighted by atomic mass is 10.2. The van der Waals surface area contributed by atoms with Gasteiger partial charge in [0.2, 0.25) is 5.91 Å². The van der Waals surface area contributed by atoms with Gasteiger partial charge in [0.1, 0.15) is 0 Å². The number of amides is 1. The molecule has 6 nitrogen and oxygen atoms in total. The fourth-order valence-corrected chi connectivity index (χ4v) is 4.21. The molecule has 19 heavy (non-hydrogen) atoms. The van der Waals surface area contributed by atoms with E-state index in [1.807, 2.05) is 0 Å². The number of hydrogen-bond donors (Lipinski definition) is 2. The predicted molar refractivity (Wildman–Crippen MR) is 70.0 cm³/mol. The lowest BCUT2D eigenvalue weighted by Crippen LogP contribution is -2.44. The summed E-state index contributed by atoms with van der Waals surface area (Å²) in [6.07, 6.45) is -0.305. The van der Waals surface area contributed by atoms with Gasteiger partial charge in [0, 0.05) is 13.0 Å². The zero-order valence-corrected chi connectivity index (χ0v) is 11.5. The first kappa shape index (κ1) is 14.1. The van der Waals surface area contributed by atoms with Crippen LogP contribution in [0, 0.1) is 0 Å². The van der Waals surface area contributed by atoms with Gasteiger partial charge in [-0.3, -0.25) is 10.0 Å². The molecule has 1 aromatic carbocycles. The van der Waals surface area contributed by atoms with E-state index in [1.54, 1.807) is 23.1 Å². The second kappa shape index (κ2) is 5.36. The Morgan fingerprint density at radius 3 is 2.79 bits per heavy atom. The number of nitrogens with one attached hydrogen (secondary N) is 1. The molecule has 1 atom stereocenters. The third-order valence-corrected chi connectivity index (χ3v) is 5.50. The van der Waals surface area contributed by atoms with Gasteiger partial charge < -0.3 is 4.90 Å². The van der Waals surface area contributed by atoms with Gasteiger partial charge in [0.15, 0.2) is 9.84 Å². The third kappa shape index (κ3) is 2.54. The molecule has 0 fully saturated rings. The highest BCUT2D eigenvalue weighted by atomic mass is 35.5. The highest BCUT2D eigenvalue weighted by molar-refractivity contribution is 7.92. The van der Waals surface area contributed by atoms with Crippen molar-refractivity contribution in [2.24, 2.45) is 0 Å². The Bertz CT molecular complexity index is 590. The van der Waals surface area contributed by atoms with Crippen molar-refractivity contribution in [2.75, 3.05) is 17.4 Å². The maximum absolute atomic E-state index is 12.4. The van der Waals surface area contributed by atoms with E-state index in [4.69, 9.17) is 16.8 Å². The van der Waals surface area contributed by atoms with Gasteiger partial charge in [-0.1, -0.05) is 12.1 Å². The summed E-state index contributed by atoms with van der Waals surface area (Å²) in [5.41, 5.74) is 1.99. The second-order valence-corrected chi connectivity index (χ2v) is 6.65. The maximum Gasteiger partial charge on any atom is 0.244 e. The summed E-state index contributed by atoms with van der Waals surface area (Å²) in [4.78, 5) is 13.0. The van der Waals surface area contributed by atoms with Crippen molar-refractivity contribution in [1.29, 1.82) is 0 Å². The summed E-state index contributed by atoms with van der Waals surface area (Å²) in [5, 5.41) is 7.60. The van der Waals surface area contributed by atoms with E-state index in [0.29, 0.717) is 5.69 Å². The summed E-state index contributed by atoms with van der Waals surface area (Å²) in [6, 6.07) is 6.65. The molecular weight excluding hydrogens is 292 g/mol. The Kier molecular flexibility index (Phi) is 3.98. The van der Waals surface area contributed by atoms with Crippen LogP contribution in [0.15, 0.2) is 29.2 Å². The molecule has 0 bridgehead atoms. The van der Waals surface area contributed by atoms with Crippen molar-refractivity contribution >= 4 is 33.0 Å². The van der Waals surface area contributed by atoms with Crippen LogP contribution in [-0.2, 0) is 14.6 Å². The average molecular weight is 305 g/mol. The third-order valence-electron chi connectivity index (χ3n) is 3.06. The van der Waals surface area contributed by atoms with Crippen molar-refractivity contribution in [1.82, 2.24) is 5.48 Å². The van der Waals surface area contributed by atoms with Crippen LogP contribution in [0.4, 0.5) is 5.69 Å². The van der Waals surface area contributed by atoms with Crippen LogP contribution in [0.1, 0.15) is 6.42 Å². The van der Waals surface area contributed by atoms with E-state index in [1.165, 1.54) is 11.5 Å². The standard InChI is InChI=1S/C11H13ClN2O4S/c12-7-14-6-8(5-11(15)13-16)19(17,18)10-4-2-1-3-9(10)14/h1-4,8,16H,5-7H2,(H,13,15). The summed E-state index contributed by atoms with van der Waals surface area (Å²) in [6.45, 7) is 0.121. The zero-order chi connectivity index (χ0) is 14.0. The van der Waals surface area contributed by atoms with E-state index in [2.05, 4.69) is 0 Å². The second-order valence-electron chi connectivity index (χ2n) is 4.22. The number of hydroxylamine groups is 1. The quantitative estimate of drug-likeness (QED) is 0.372. The smallest absolute Gasteiger partial charge is 0.244 e. The number of fused-ring (bicyclic) bond motifs is 1. The molecule has 1 heterocycles. The lowest BCUT2D eigenvalue weighted by molar-refractivity contribution is -0.129. The SMILES string of the molecule is O=C(CC1CN(CCl)c2ccccc2S1(=O)=O)NO. The van der Waals surface area contributed by atoms with Crippen molar-refractivity contribution < 1.29 is 18.4 Å². The monoisotopic (exact) mass is 304 g/mol. The number of anilines is 1. The summed E-state index contributed by atoms with van der Waals surface area (Å²) in [5.74, 6) is -0.734. The number of halogens is 1. The molecule has 0 aliphatic carbocycles. The highest BCUT2D eigenvalue weighted by Crippen LogP contribution is 2.34. The minimum absolute atomic E-state index is 0.121. The molecule has 1 amide bonds. The first-order chi connectivity index (χ1) is 9.00. The predicted octanol–water partition coefficient (Wildman–Crippen LogP) is 0.741. The number of sulfone groups is 1. The summed E-state index contributed by atoms with van der Waals surface area (Å²) >= 11 is 5.82. The van der Waals surface area contributed by atoms with Crippen molar-refractivity contribution in [2.45, 2.75) is 16.6 Å². The Hall–Kier alpha value is -1.31. The fourth-order valence-electron chi connectivity index (χ4n) is 2.12. The van der Waals surface area contributed by atoms with E-state index in [-0.39, 0.29) is 23.9 Å². The molecule has 1 unspecified atom stereocenters. The Labute approximate surface area is 115 Å². The highest BCUT2D eigenvalue weighted by Gasteiger charge is 2.38. The van der Waals surface area contributed by atoms with Crippen molar-refractivity contribution in [3.8, 4) is 0 Å². The molecule has 0 spiro atoms. The van der Waals surface area contributed by atoms with Crippen LogP contribution >= 0.6 is 11.6 Å². The van der Waals surface area contributed by atoms with Gasteiger partial charge in [0.25, 0.3) is 0 Å². The van der Waals surface area contributed by atoms with Crippen LogP contribution in [0.3, 0.4) is 0 Å². The number of para-hydroxylation sites is 1. The average Bonchev–Trinajstić information content (AvgIpc) is 2.42. The summed E-state index contributed by atoms with van der Waals surface area (Å²) in [7, 11) is -3.60. The van der Waals surface area contributed by atoms with Crippen LogP contribution < -0.4 is 10.4 Å². The molecule has 1 aliphatic rings. The Balaban J connectivity index is 2.44. The molecule has 0 saturated heterocycles. The first-order valence-corrected chi connectivity index (χ1v) is 7.65.